The predicted octanol–water partition coefficient (Wildman–Crippen LogP) is -2.32. The van der Waals surface area contributed by atoms with E-state index in [1.54, 1.807) is 0 Å². The Labute approximate surface area is 122 Å². The molecule has 0 bridgehead atoms. The van der Waals surface area contributed by atoms with Crippen molar-refractivity contribution in [2.24, 2.45) is 11.5 Å². The Morgan fingerprint density at radius 1 is 0.810 bits per heavy atom. The molecule has 0 aromatic carbocycles. The summed E-state index contributed by atoms with van der Waals surface area (Å²) < 4.78 is 0. The topological polar surface area (TPSA) is 179 Å². The summed E-state index contributed by atoms with van der Waals surface area (Å²) >= 11 is 0. The quantitative estimate of drug-likeness (QED) is 0.208. The van der Waals surface area contributed by atoms with Crippen molar-refractivity contribution < 1.29 is 30.0 Å². The fraction of sp³-hybridized carbons (Fsp3) is 0.833. The Kier molecular flexibility index (Phi) is 9.84. The summed E-state index contributed by atoms with van der Waals surface area (Å²) in [5.74, 6) is -2.22. The molecule has 21 heavy (non-hydrogen) atoms. The van der Waals surface area contributed by atoms with E-state index in [9.17, 15) is 19.8 Å². The van der Waals surface area contributed by atoms with Gasteiger partial charge in [-0.15, -0.1) is 0 Å². The summed E-state index contributed by atoms with van der Waals surface area (Å²) in [5.41, 5.74) is 10.6. The van der Waals surface area contributed by atoms with E-state index in [-0.39, 0.29) is 38.8 Å². The molecule has 0 unspecified atom stereocenters. The fourth-order valence-corrected chi connectivity index (χ4v) is 1.61. The Morgan fingerprint density at radius 3 is 1.43 bits per heavy atom. The molecule has 0 aliphatic rings. The van der Waals surface area contributed by atoms with E-state index in [2.05, 4.69) is 5.32 Å². The number of aliphatic carboxylic acids is 2. The minimum Gasteiger partial charge on any atom is -0.480 e. The van der Waals surface area contributed by atoms with Crippen LogP contribution >= 0.6 is 0 Å². The maximum atomic E-state index is 10.5. The highest BCUT2D eigenvalue weighted by molar-refractivity contribution is 5.73. The van der Waals surface area contributed by atoms with E-state index in [0.717, 1.165) is 0 Å². The van der Waals surface area contributed by atoms with Crippen LogP contribution in [0.3, 0.4) is 0 Å². The van der Waals surface area contributed by atoms with Crippen molar-refractivity contribution in [2.75, 3.05) is 13.1 Å². The van der Waals surface area contributed by atoms with Crippen LogP contribution in [0.1, 0.15) is 25.7 Å². The molecule has 0 aliphatic heterocycles. The van der Waals surface area contributed by atoms with E-state index >= 15 is 0 Å². The second-order valence-electron chi connectivity index (χ2n) is 5.01. The highest BCUT2D eigenvalue weighted by Gasteiger charge is 2.15. The molecule has 0 spiro atoms. The lowest BCUT2D eigenvalue weighted by Gasteiger charge is -2.16. The normalized spacial score (nSPS) is 17.0. The van der Waals surface area contributed by atoms with Crippen LogP contribution in [0.2, 0.25) is 0 Å². The lowest BCUT2D eigenvalue weighted by Crippen LogP contribution is -2.37. The number of nitrogens with two attached hydrogens (primary N) is 2. The van der Waals surface area contributed by atoms with Gasteiger partial charge in [0.05, 0.1) is 12.2 Å². The van der Waals surface area contributed by atoms with Crippen LogP contribution < -0.4 is 16.8 Å². The monoisotopic (exact) mass is 307 g/mol. The number of hydrogen-bond acceptors (Lipinski definition) is 7. The summed E-state index contributed by atoms with van der Waals surface area (Å²) in [7, 11) is 0. The fourth-order valence-electron chi connectivity index (χ4n) is 1.61. The largest absolute Gasteiger partial charge is 0.480 e. The molecular weight excluding hydrogens is 282 g/mol. The van der Waals surface area contributed by atoms with Gasteiger partial charge in [-0.1, -0.05) is 0 Å². The number of carboxylic acids is 2. The third-order valence-electron chi connectivity index (χ3n) is 3.02. The summed E-state index contributed by atoms with van der Waals surface area (Å²) in [6.45, 7) is 0.378. The number of aliphatic hydroxyl groups excluding tert-OH is 2. The first kappa shape index (κ1) is 19.7. The van der Waals surface area contributed by atoms with Gasteiger partial charge in [-0.2, -0.15) is 0 Å². The van der Waals surface area contributed by atoms with Crippen LogP contribution in [-0.4, -0.2) is 69.7 Å². The van der Waals surface area contributed by atoms with Gasteiger partial charge in [0.25, 0.3) is 0 Å². The van der Waals surface area contributed by atoms with Crippen molar-refractivity contribution >= 4 is 11.9 Å². The van der Waals surface area contributed by atoms with Crippen molar-refractivity contribution in [1.82, 2.24) is 5.32 Å². The van der Waals surface area contributed by atoms with Crippen molar-refractivity contribution in [1.29, 1.82) is 0 Å². The molecule has 124 valence electrons. The Morgan fingerprint density at radius 2 is 1.14 bits per heavy atom. The number of aliphatic hydroxyl groups is 2. The van der Waals surface area contributed by atoms with Crippen molar-refractivity contribution in [3.8, 4) is 0 Å². The molecule has 0 amide bonds. The number of carbonyl (C=O) groups is 2. The van der Waals surface area contributed by atoms with Crippen LogP contribution in [0.4, 0.5) is 0 Å². The van der Waals surface area contributed by atoms with E-state index in [1.165, 1.54) is 0 Å². The summed E-state index contributed by atoms with van der Waals surface area (Å²) in [5, 5.41) is 39.2. The van der Waals surface area contributed by atoms with Gasteiger partial charge in [0.2, 0.25) is 0 Å². The highest BCUT2D eigenvalue weighted by Crippen LogP contribution is 2.02. The molecule has 9 nitrogen and oxygen atoms in total. The minimum absolute atomic E-state index is 0.161. The third kappa shape index (κ3) is 10.2. The average Bonchev–Trinajstić information content (AvgIpc) is 2.41. The smallest absolute Gasteiger partial charge is 0.320 e. The first-order chi connectivity index (χ1) is 9.73. The van der Waals surface area contributed by atoms with Gasteiger partial charge in [-0.3, -0.25) is 9.59 Å². The second kappa shape index (κ2) is 10.5. The van der Waals surface area contributed by atoms with Gasteiger partial charge in [0.1, 0.15) is 12.1 Å². The maximum absolute atomic E-state index is 10.5. The Hall–Kier alpha value is -1.26. The summed E-state index contributed by atoms with van der Waals surface area (Å²) in [6.07, 6.45) is -0.726. The summed E-state index contributed by atoms with van der Waals surface area (Å²) in [6, 6.07) is -1.99. The Balaban J connectivity index is 3.68. The van der Waals surface area contributed by atoms with Gasteiger partial charge in [-0.25, -0.2) is 0 Å². The molecule has 9 heteroatoms. The molecule has 9 N–H and O–H groups in total. The molecule has 0 radical (unpaired) electrons. The van der Waals surface area contributed by atoms with Crippen LogP contribution in [0, 0.1) is 0 Å². The average molecular weight is 307 g/mol. The molecule has 0 saturated carbocycles. The first-order valence-electron chi connectivity index (χ1n) is 6.77. The Bertz CT molecular complexity index is 298. The van der Waals surface area contributed by atoms with Crippen molar-refractivity contribution in [2.45, 2.75) is 50.0 Å². The summed E-state index contributed by atoms with van der Waals surface area (Å²) in [4.78, 5) is 21.0. The standard InChI is InChI=1S/C12H25N3O6/c13-9(11(18)19)3-1-7(16)5-15-6-8(17)2-4-10(14)12(20)21/h7-10,15-17H,1-6,13-14H2,(H,18,19)(H,20,21)/t7-,8-,9+,10+/m1/s1. The number of nitrogens with one attached hydrogen (secondary N) is 1. The molecule has 0 rings (SSSR count). The first-order valence-corrected chi connectivity index (χ1v) is 6.77. The molecule has 0 fully saturated rings. The second-order valence-corrected chi connectivity index (χ2v) is 5.01. The van der Waals surface area contributed by atoms with E-state index in [0.29, 0.717) is 0 Å². The molecule has 0 aromatic rings. The predicted molar refractivity (Wildman–Crippen MR) is 74.6 cm³/mol. The van der Waals surface area contributed by atoms with Gasteiger partial charge >= 0.3 is 11.9 Å². The zero-order chi connectivity index (χ0) is 16.4. The highest BCUT2D eigenvalue weighted by atomic mass is 16.4. The van der Waals surface area contributed by atoms with Crippen LogP contribution in [0.5, 0.6) is 0 Å². The number of rotatable bonds is 12. The van der Waals surface area contributed by atoms with E-state index in [1.807, 2.05) is 0 Å². The third-order valence-corrected chi connectivity index (χ3v) is 3.02. The van der Waals surface area contributed by atoms with Gasteiger partial charge in [-0.05, 0) is 25.7 Å². The van der Waals surface area contributed by atoms with Gasteiger partial charge in [0.15, 0.2) is 0 Å². The van der Waals surface area contributed by atoms with E-state index in [4.69, 9.17) is 21.7 Å². The molecule has 0 aromatic heterocycles. The minimum atomic E-state index is -1.11. The SMILES string of the molecule is N[C@@H](CC[C@@H](O)CNC[C@H](O)CC[C@H](N)C(=O)O)C(=O)O. The van der Waals surface area contributed by atoms with E-state index < -0.39 is 36.2 Å². The molecule has 0 aliphatic carbocycles. The van der Waals surface area contributed by atoms with Gasteiger partial charge < -0.3 is 37.2 Å². The zero-order valence-electron chi connectivity index (χ0n) is 11.8. The zero-order valence-corrected chi connectivity index (χ0v) is 11.8. The van der Waals surface area contributed by atoms with Crippen LogP contribution in [0.15, 0.2) is 0 Å². The van der Waals surface area contributed by atoms with Gasteiger partial charge in [0, 0.05) is 13.1 Å². The molecule has 0 saturated heterocycles. The lowest BCUT2D eigenvalue weighted by molar-refractivity contribution is -0.139. The van der Waals surface area contributed by atoms with Crippen LogP contribution in [0.25, 0.3) is 0 Å². The number of carboxylic acid groups (broad SMARTS) is 2. The maximum Gasteiger partial charge on any atom is 0.320 e. The molecule has 4 atom stereocenters. The van der Waals surface area contributed by atoms with Crippen LogP contribution in [-0.2, 0) is 9.59 Å². The van der Waals surface area contributed by atoms with Crippen molar-refractivity contribution in [3.05, 3.63) is 0 Å². The number of hydrogen-bond donors (Lipinski definition) is 7. The molecule has 0 heterocycles. The van der Waals surface area contributed by atoms with Crippen molar-refractivity contribution in [3.63, 3.8) is 0 Å². The lowest BCUT2D eigenvalue weighted by atomic mass is 10.1. The molecular formula is C12H25N3O6.